The molecule has 0 amide bonds. The predicted molar refractivity (Wildman–Crippen MR) is 78.8 cm³/mol. The van der Waals surface area contributed by atoms with Gasteiger partial charge >= 0.3 is 0 Å². The van der Waals surface area contributed by atoms with E-state index < -0.39 is 0 Å². The van der Waals surface area contributed by atoms with Gasteiger partial charge in [0.15, 0.2) is 0 Å². The van der Waals surface area contributed by atoms with Gasteiger partial charge in [-0.3, -0.25) is 0 Å². The molecule has 0 radical (unpaired) electrons. The third-order valence-electron chi connectivity index (χ3n) is 4.51. The van der Waals surface area contributed by atoms with E-state index in [0.29, 0.717) is 5.41 Å². The standard InChI is InChI=1S/C17H27N/c1-14-7-8-16(11-15(14)2)12-18-13-17(3)9-5-4-6-10-17/h7-8,11,18H,4-6,9-10,12-13H2,1-3H3. The van der Waals surface area contributed by atoms with Crippen LogP contribution in [0.1, 0.15) is 55.7 Å². The third-order valence-corrected chi connectivity index (χ3v) is 4.51. The van der Waals surface area contributed by atoms with Crippen molar-refractivity contribution in [2.45, 2.75) is 59.4 Å². The van der Waals surface area contributed by atoms with E-state index in [0.717, 1.165) is 6.54 Å². The summed E-state index contributed by atoms with van der Waals surface area (Å²) in [7, 11) is 0. The highest BCUT2D eigenvalue weighted by atomic mass is 14.9. The molecule has 0 aromatic heterocycles. The second kappa shape index (κ2) is 5.88. The molecule has 1 nitrogen and oxygen atoms in total. The zero-order valence-electron chi connectivity index (χ0n) is 12.2. The molecule has 0 unspecified atom stereocenters. The number of nitrogens with one attached hydrogen (secondary N) is 1. The molecule has 1 saturated carbocycles. The monoisotopic (exact) mass is 245 g/mol. The third kappa shape index (κ3) is 3.58. The first-order valence-corrected chi connectivity index (χ1v) is 7.36. The van der Waals surface area contributed by atoms with Gasteiger partial charge in [-0.2, -0.15) is 0 Å². The summed E-state index contributed by atoms with van der Waals surface area (Å²) in [6.07, 6.45) is 7.07. The number of hydrogen-bond donors (Lipinski definition) is 1. The van der Waals surface area contributed by atoms with Crippen LogP contribution in [0.15, 0.2) is 18.2 Å². The lowest BCUT2D eigenvalue weighted by Crippen LogP contribution is -2.33. The van der Waals surface area contributed by atoms with Crippen molar-refractivity contribution in [2.24, 2.45) is 5.41 Å². The summed E-state index contributed by atoms with van der Waals surface area (Å²) in [4.78, 5) is 0. The van der Waals surface area contributed by atoms with Gasteiger partial charge in [0.05, 0.1) is 0 Å². The first kappa shape index (κ1) is 13.6. The van der Waals surface area contributed by atoms with E-state index in [-0.39, 0.29) is 0 Å². The summed E-state index contributed by atoms with van der Waals surface area (Å²) >= 11 is 0. The van der Waals surface area contributed by atoms with Crippen LogP contribution in [0, 0.1) is 19.3 Å². The molecule has 0 saturated heterocycles. The molecule has 1 heteroatoms. The molecule has 1 fully saturated rings. The van der Waals surface area contributed by atoms with E-state index in [1.54, 1.807) is 0 Å². The highest BCUT2D eigenvalue weighted by Crippen LogP contribution is 2.34. The Morgan fingerprint density at radius 2 is 1.78 bits per heavy atom. The van der Waals surface area contributed by atoms with Crippen molar-refractivity contribution in [3.8, 4) is 0 Å². The van der Waals surface area contributed by atoms with Gasteiger partial charge in [-0.25, -0.2) is 0 Å². The molecule has 100 valence electrons. The summed E-state index contributed by atoms with van der Waals surface area (Å²) in [5, 5.41) is 3.66. The summed E-state index contributed by atoms with van der Waals surface area (Å²) in [5.74, 6) is 0. The van der Waals surface area contributed by atoms with Gasteiger partial charge in [-0.15, -0.1) is 0 Å². The summed E-state index contributed by atoms with van der Waals surface area (Å²) in [6.45, 7) is 8.99. The predicted octanol–water partition coefficient (Wildman–Crippen LogP) is 4.36. The highest BCUT2D eigenvalue weighted by molar-refractivity contribution is 5.29. The first-order chi connectivity index (χ1) is 8.59. The molecule has 0 spiro atoms. The van der Waals surface area contributed by atoms with Crippen LogP contribution in [0.4, 0.5) is 0 Å². The number of rotatable bonds is 4. The van der Waals surface area contributed by atoms with Crippen LogP contribution >= 0.6 is 0 Å². The maximum absolute atomic E-state index is 3.66. The summed E-state index contributed by atoms with van der Waals surface area (Å²) < 4.78 is 0. The fourth-order valence-electron chi connectivity index (χ4n) is 3.00. The average molecular weight is 245 g/mol. The maximum Gasteiger partial charge on any atom is 0.0205 e. The minimum absolute atomic E-state index is 0.540. The Kier molecular flexibility index (Phi) is 4.45. The van der Waals surface area contributed by atoms with Gasteiger partial charge in [-0.05, 0) is 48.8 Å². The van der Waals surface area contributed by atoms with Crippen LogP contribution in [-0.2, 0) is 6.54 Å². The molecule has 0 atom stereocenters. The van der Waals surface area contributed by atoms with Crippen LogP contribution in [0.25, 0.3) is 0 Å². The van der Waals surface area contributed by atoms with Crippen LogP contribution in [0.2, 0.25) is 0 Å². The molecule has 0 aliphatic heterocycles. The van der Waals surface area contributed by atoms with Crippen LogP contribution in [0.3, 0.4) is 0 Å². The van der Waals surface area contributed by atoms with Crippen molar-refractivity contribution in [2.75, 3.05) is 6.54 Å². The molecule has 1 aliphatic rings. The molecule has 18 heavy (non-hydrogen) atoms. The topological polar surface area (TPSA) is 12.0 Å². The van der Waals surface area contributed by atoms with E-state index >= 15 is 0 Å². The van der Waals surface area contributed by atoms with Crippen molar-refractivity contribution in [1.29, 1.82) is 0 Å². The molecule has 0 bridgehead atoms. The van der Waals surface area contributed by atoms with Gasteiger partial charge < -0.3 is 5.32 Å². The van der Waals surface area contributed by atoms with Gasteiger partial charge in [0.25, 0.3) is 0 Å². The fraction of sp³-hybridized carbons (Fsp3) is 0.647. The maximum atomic E-state index is 3.66. The Balaban J connectivity index is 1.82. The minimum Gasteiger partial charge on any atom is -0.312 e. The van der Waals surface area contributed by atoms with Gasteiger partial charge in [0, 0.05) is 13.1 Å². The van der Waals surface area contributed by atoms with Crippen LogP contribution < -0.4 is 5.32 Å². The number of aryl methyl sites for hydroxylation is 2. The summed E-state index contributed by atoms with van der Waals surface area (Å²) in [6, 6.07) is 6.79. The Morgan fingerprint density at radius 1 is 1.06 bits per heavy atom. The Labute approximate surface area is 112 Å². The molecule has 2 rings (SSSR count). The lowest BCUT2D eigenvalue weighted by Gasteiger charge is -2.33. The van der Waals surface area contributed by atoms with E-state index in [1.165, 1.54) is 55.3 Å². The average Bonchev–Trinajstić information content (AvgIpc) is 2.34. The van der Waals surface area contributed by atoms with Crippen LogP contribution in [0.5, 0.6) is 0 Å². The van der Waals surface area contributed by atoms with Crippen molar-refractivity contribution < 1.29 is 0 Å². The Bertz CT molecular complexity index is 389. The second-order valence-electron chi connectivity index (χ2n) is 6.39. The van der Waals surface area contributed by atoms with Crippen LogP contribution in [-0.4, -0.2) is 6.54 Å². The molecular weight excluding hydrogens is 218 g/mol. The SMILES string of the molecule is Cc1ccc(CNCC2(C)CCCCC2)cc1C. The quantitative estimate of drug-likeness (QED) is 0.831. The van der Waals surface area contributed by atoms with Crippen molar-refractivity contribution in [3.05, 3.63) is 34.9 Å². The zero-order chi connectivity index (χ0) is 13.0. The van der Waals surface area contributed by atoms with Gasteiger partial charge in [0.1, 0.15) is 0 Å². The van der Waals surface area contributed by atoms with E-state index in [2.05, 4.69) is 44.3 Å². The highest BCUT2D eigenvalue weighted by Gasteiger charge is 2.25. The molecule has 1 aromatic rings. The number of hydrogen-bond acceptors (Lipinski definition) is 1. The van der Waals surface area contributed by atoms with Gasteiger partial charge in [0.2, 0.25) is 0 Å². The van der Waals surface area contributed by atoms with E-state index in [9.17, 15) is 0 Å². The lowest BCUT2D eigenvalue weighted by molar-refractivity contribution is 0.207. The van der Waals surface area contributed by atoms with Crippen molar-refractivity contribution >= 4 is 0 Å². The van der Waals surface area contributed by atoms with Crippen molar-refractivity contribution in [1.82, 2.24) is 5.32 Å². The normalized spacial score (nSPS) is 18.8. The second-order valence-corrected chi connectivity index (χ2v) is 6.39. The number of benzene rings is 1. The minimum atomic E-state index is 0.540. The molecule has 1 N–H and O–H groups in total. The Morgan fingerprint density at radius 3 is 2.44 bits per heavy atom. The first-order valence-electron chi connectivity index (χ1n) is 7.36. The molecule has 1 aliphatic carbocycles. The lowest BCUT2D eigenvalue weighted by atomic mass is 9.76. The molecule has 1 aromatic carbocycles. The largest absolute Gasteiger partial charge is 0.312 e. The fourth-order valence-corrected chi connectivity index (χ4v) is 3.00. The molecule has 0 heterocycles. The van der Waals surface area contributed by atoms with Gasteiger partial charge in [-0.1, -0.05) is 44.4 Å². The Hall–Kier alpha value is -0.820. The smallest absolute Gasteiger partial charge is 0.0205 e. The summed E-state index contributed by atoms with van der Waals surface area (Å²) in [5.41, 5.74) is 4.74. The van der Waals surface area contributed by atoms with E-state index in [1.807, 2.05) is 0 Å². The molecular formula is C17H27N. The zero-order valence-corrected chi connectivity index (χ0v) is 12.2. The van der Waals surface area contributed by atoms with E-state index in [4.69, 9.17) is 0 Å². The van der Waals surface area contributed by atoms with Crippen molar-refractivity contribution in [3.63, 3.8) is 0 Å².